The summed E-state index contributed by atoms with van der Waals surface area (Å²) in [6.07, 6.45) is -3.21. The van der Waals surface area contributed by atoms with Crippen molar-refractivity contribution in [3.05, 3.63) is 59.7 Å². The van der Waals surface area contributed by atoms with Gasteiger partial charge in [0.1, 0.15) is 23.2 Å². The number of methoxy groups -OCH3 is 2. The van der Waals surface area contributed by atoms with Gasteiger partial charge in [-0.3, -0.25) is 4.90 Å². The maximum absolute atomic E-state index is 13.3. The molecule has 0 spiro atoms. The Morgan fingerprint density at radius 3 is 2.22 bits per heavy atom. The summed E-state index contributed by atoms with van der Waals surface area (Å²) in [4.78, 5) is 26.6. The minimum Gasteiger partial charge on any atom is -0.547 e. The number of rotatable bonds is 5. The van der Waals surface area contributed by atoms with Crippen molar-refractivity contribution in [3.63, 3.8) is 0 Å². The summed E-state index contributed by atoms with van der Waals surface area (Å²) < 4.78 is 22.2. The van der Waals surface area contributed by atoms with E-state index in [4.69, 9.17) is 18.9 Å². The van der Waals surface area contributed by atoms with Gasteiger partial charge in [-0.25, -0.2) is 4.79 Å². The largest absolute Gasteiger partial charge is 1.00 e. The average Bonchev–Trinajstić information content (AvgIpc) is 3.13. The fourth-order valence-corrected chi connectivity index (χ4v) is 3.51. The van der Waals surface area contributed by atoms with Crippen LogP contribution in [0.2, 0.25) is 0 Å². The zero-order chi connectivity index (χ0) is 22.8. The van der Waals surface area contributed by atoms with Crippen molar-refractivity contribution in [3.8, 4) is 11.5 Å². The SMILES string of the molecule is COc1ccc(C2OC(C(=O)[O-])C(c3ccccc3)N2C(=O)OC(C)(C)C)c(OC)c1.[K+]. The molecule has 1 saturated heterocycles. The van der Waals surface area contributed by atoms with E-state index in [0.29, 0.717) is 22.6 Å². The van der Waals surface area contributed by atoms with Crippen LogP contribution < -0.4 is 66.0 Å². The molecule has 3 atom stereocenters. The minimum absolute atomic E-state index is 0. The molecule has 0 aromatic heterocycles. The number of ether oxygens (including phenoxy) is 4. The number of hydrogen-bond acceptors (Lipinski definition) is 7. The first-order valence-corrected chi connectivity index (χ1v) is 9.80. The molecule has 0 radical (unpaired) electrons. The van der Waals surface area contributed by atoms with Crippen LogP contribution >= 0.6 is 0 Å². The second-order valence-electron chi connectivity index (χ2n) is 8.08. The number of carboxylic acid groups (broad SMARTS) is 1. The van der Waals surface area contributed by atoms with Crippen LogP contribution in [-0.2, 0) is 14.3 Å². The molecule has 0 saturated carbocycles. The van der Waals surface area contributed by atoms with E-state index in [-0.39, 0.29) is 51.4 Å². The van der Waals surface area contributed by atoms with Crippen molar-refractivity contribution in [2.24, 2.45) is 0 Å². The van der Waals surface area contributed by atoms with Crippen LogP contribution in [0.5, 0.6) is 11.5 Å². The molecular weight excluding hydrogens is 441 g/mol. The fourth-order valence-electron chi connectivity index (χ4n) is 3.51. The third-order valence-electron chi connectivity index (χ3n) is 4.80. The number of aliphatic carboxylic acids is 1. The van der Waals surface area contributed by atoms with Crippen LogP contribution in [0.3, 0.4) is 0 Å². The van der Waals surface area contributed by atoms with Gasteiger partial charge < -0.3 is 28.8 Å². The second-order valence-corrected chi connectivity index (χ2v) is 8.08. The van der Waals surface area contributed by atoms with Gasteiger partial charge in [-0.15, -0.1) is 0 Å². The monoisotopic (exact) mass is 467 g/mol. The normalized spacial score (nSPS) is 20.3. The van der Waals surface area contributed by atoms with Crippen molar-refractivity contribution >= 4 is 12.1 Å². The van der Waals surface area contributed by atoms with E-state index in [1.807, 2.05) is 0 Å². The van der Waals surface area contributed by atoms with Gasteiger partial charge in [0.15, 0.2) is 6.23 Å². The molecule has 166 valence electrons. The number of nitrogens with zero attached hydrogens (tertiary/aromatic N) is 1. The predicted molar refractivity (Wildman–Crippen MR) is 109 cm³/mol. The first-order valence-electron chi connectivity index (χ1n) is 9.80. The predicted octanol–water partition coefficient (Wildman–Crippen LogP) is -0.166. The molecule has 1 heterocycles. The van der Waals surface area contributed by atoms with Gasteiger partial charge in [0, 0.05) is 11.6 Å². The molecule has 2 aromatic carbocycles. The molecule has 8 nitrogen and oxygen atoms in total. The Bertz CT molecular complexity index is 945. The van der Waals surface area contributed by atoms with Crippen LogP contribution in [0.4, 0.5) is 4.79 Å². The number of benzene rings is 2. The Labute approximate surface area is 230 Å². The standard InChI is InChI=1S/C23H27NO7.K/c1-23(2,3)31-22(27)24-18(14-9-7-6-8-10-14)19(21(25)26)30-20(24)16-12-11-15(28-4)13-17(16)29-5;/h6-13,18-20H,1-5H3,(H,25,26);/q;+1/p-1. The number of amides is 1. The smallest absolute Gasteiger partial charge is 0.547 e. The summed E-state index contributed by atoms with van der Waals surface area (Å²) in [6, 6.07) is 12.8. The molecule has 1 fully saturated rings. The van der Waals surface area contributed by atoms with Crippen molar-refractivity contribution in [2.75, 3.05) is 14.2 Å². The Hall–Kier alpha value is -1.62. The van der Waals surface area contributed by atoms with Gasteiger partial charge in [0.05, 0.1) is 26.2 Å². The quantitative estimate of drug-likeness (QED) is 0.564. The summed E-state index contributed by atoms with van der Waals surface area (Å²) >= 11 is 0. The van der Waals surface area contributed by atoms with Crippen LogP contribution in [-0.4, -0.2) is 42.9 Å². The van der Waals surface area contributed by atoms with E-state index < -0.39 is 36.0 Å². The molecule has 0 aliphatic carbocycles. The van der Waals surface area contributed by atoms with E-state index >= 15 is 0 Å². The average molecular weight is 468 g/mol. The fraction of sp³-hybridized carbons (Fsp3) is 0.391. The zero-order valence-corrected chi connectivity index (χ0v) is 22.3. The molecule has 3 unspecified atom stereocenters. The maximum Gasteiger partial charge on any atom is 1.00 e. The van der Waals surface area contributed by atoms with Gasteiger partial charge in [0.2, 0.25) is 0 Å². The molecule has 9 heteroatoms. The molecule has 1 aliphatic heterocycles. The van der Waals surface area contributed by atoms with Crippen LogP contribution in [0.15, 0.2) is 48.5 Å². The Morgan fingerprint density at radius 2 is 1.69 bits per heavy atom. The first-order chi connectivity index (χ1) is 14.7. The summed E-state index contributed by atoms with van der Waals surface area (Å²) in [6.45, 7) is 5.20. The van der Waals surface area contributed by atoms with Crippen molar-refractivity contribution in [1.29, 1.82) is 0 Å². The van der Waals surface area contributed by atoms with Crippen LogP contribution in [0.1, 0.15) is 44.2 Å². The van der Waals surface area contributed by atoms with Gasteiger partial charge in [-0.2, -0.15) is 0 Å². The third kappa shape index (κ3) is 5.83. The third-order valence-corrected chi connectivity index (χ3v) is 4.80. The van der Waals surface area contributed by atoms with Crippen molar-refractivity contribution in [2.45, 2.75) is 44.7 Å². The van der Waals surface area contributed by atoms with E-state index in [1.54, 1.807) is 69.3 Å². The van der Waals surface area contributed by atoms with E-state index in [9.17, 15) is 14.7 Å². The maximum atomic E-state index is 13.3. The summed E-state index contributed by atoms with van der Waals surface area (Å²) in [5.74, 6) is -0.514. The number of carbonyl (C=O) groups excluding carboxylic acids is 2. The summed E-state index contributed by atoms with van der Waals surface area (Å²) in [7, 11) is 2.99. The van der Waals surface area contributed by atoms with E-state index in [2.05, 4.69) is 0 Å². The Balaban J connectivity index is 0.00000363. The van der Waals surface area contributed by atoms with Crippen molar-refractivity contribution < 1.29 is 85.0 Å². The summed E-state index contributed by atoms with van der Waals surface area (Å²) in [5.41, 5.74) is 0.239. The molecule has 32 heavy (non-hydrogen) atoms. The van der Waals surface area contributed by atoms with Gasteiger partial charge in [-0.1, -0.05) is 30.3 Å². The number of carbonyl (C=O) groups is 2. The van der Waals surface area contributed by atoms with E-state index in [1.165, 1.54) is 19.1 Å². The molecule has 2 aromatic rings. The zero-order valence-electron chi connectivity index (χ0n) is 19.2. The molecule has 1 amide bonds. The minimum atomic E-state index is -1.43. The number of hydrogen-bond donors (Lipinski definition) is 0. The molecule has 0 N–H and O–H groups in total. The number of carboxylic acids is 1. The Kier molecular flexibility index (Phi) is 9.15. The van der Waals surface area contributed by atoms with Gasteiger partial charge in [-0.05, 0) is 38.5 Å². The molecule has 1 aliphatic rings. The first kappa shape index (κ1) is 26.6. The second kappa shape index (κ2) is 11.0. The molecular formula is C23H26KNO7. The van der Waals surface area contributed by atoms with Gasteiger partial charge >= 0.3 is 57.5 Å². The van der Waals surface area contributed by atoms with Gasteiger partial charge in [0.25, 0.3) is 0 Å². The van der Waals surface area contributed by atoms with E-state index in [0.717, 1.165) is 0 Å². The Morgan fingerprint density at radius 1 is 1.03 bits per heavy atom. The summed E-state index contributed by atoms with van der Waals surface area (Å²) in [5, 5.41) is 12.0. The van der Waals surface area contributed by atoms with Crippen LogP contribution in [0, 0.1) is 0 Å². The van der Waals surface area contributed by atoms with Crippen LogP contribution in [0.25, 0.3) is 0 Å². The molecule has 0 bridgehead atoms. The van der Waals surface area contributed by atoms with Crippen molar-refractivity contribution in [1.82, 2.24) is 4.90 Å². The topological polar surface area (TPSA) is 97.4 Å². The molecule has 3 rings (SSSR count).